The molecule has 130 valence electrons. The van der Waals surface area contributed by atoms with Gasteiger partial charge in [-0.25, -0.2) is 4.68 Å². The predicted octanol–water partition coefficient (Wildman–Crippen LogP) is 3.01. The zero-order chi connectivity index (χ0) is 17.8. The highest BCUT2D eigenvalue weighted by Crippen LogP contribution is 2.18. The van der Waals surface area contributed by atoms with E-state index >= 15 is 0 Å². The predicted molar refractivity (Wildman–Crippen MR) is 93.7 cm³/mol. The minimum Gasteiger partial charge on any atom is -0.339 e. The maximum atomic E-state index is 12.3. The van der Waals surface area contributed by atoms with Crippen molar-refractivity contribution in [3.63, 3.8) is 0 Å². The van der Waals surface area contributed by atoms with E-state index in [1.807, 2.05) is 51.1 Å². The minimum absolute atomic E-state index is 0.0609. The fraction of sp³-hybridized carbons (Fsp3) is 0.333. The van der Waals surface area contributed by atoms with Gasteiger partial charge in [0, 0.05) is 12.5 Å². The van der Waals surface area contributed by atoms with Gasteiger partial charge in [0.1, 0.15) is 5.82 Å². The second-order valence-corrected chi connectivity index (χ2v) is 6.00. The first-order chi connectivity index (χ1) is 12.0. The van der Waals surface area contributed by atoms with Crippen LogP contribution in [0.25, 0.3) is 5.69 Å². The number of anilines is 1. The number of carbonyl (C=O) groups excluding carboxylic acids is 1. The number of nitrogens with one attached hydrogen (secondary N) is 1. The molecule has 3 rings (SSSR count). The summed E-state index contributed by atoms with van der Waals surface area (Å²) >= 11 is 0. The Hall–Kier alpha value is -2.96. The molecule has 0 fully saturated rings. The van der Waals surface area contributed by atoms with Crippen LogP contribution in [0.2, 0.25) is 0 Å². The minimum atomic E-state index is -0.211. The molecule has 0 aliphatic heterocycles. The molecular formula is C18H21N5O2. The van der Waals surface area contributed by atoms with E-state index in [4.69, 9.17) is 4.52 Å². The molecule has 25 heavy (non-hydrogen) atoms. The van der Waals surface area contributed by atoms with Crippen LogP contribution in [0.3, 0.4) is 0 Å². The van der Waals surface area contributed by atoms with E-state index in [-0.39, 0.29) is 12.3 Å². The molecule has 0 spiro atoms. The summed E-state index contributed by atoms with van der Waals surface area (Å²) in [5.41, 5.74) is 2.87. The molecular weight excluding hydrogens is 318 g/mol. The van der Waals surface area contributed by atoms with Gasteiger partial charge in [0.25, 0.3) is 0 Å². The molecule has 7 heteroatoms. The first-order valence-corrected chi connectivity index (χ1v) is 8.30. The lowest BCUT2D eigenvalue weighted by molar-refractivity contribution is -0.115. The average molecular weight is 339 g/mol. The molecule has 0 unspecified atom stereocenters. The molecule has 0 radical (unpaired) electrons. The van der Waals surface area contributed by atoms with Crippen molar-refractivity contribution in [2.45, 2.75) is 40.0 Å². The van der Waals surface area contributed by atoms with Crippen molar-refractivity contribution in [2.75, 3.05) is 5.32 Å². The van der Waals surface area contributed by atoms with E-state index in [9.17, 15) is 4.79 Å². The summed E-state index contributed by atoms with van der Waals surface area (Å²) in [5, 5.41) is 11.2. The van der Waals surface area contributed by atoms with Crippen LogP contribution in [-0.2, 0) is 17.6 Å². The monoisotopic (exact) mass is 339 g/mol. The molecule has 0 atom stereocenters. The lowest BCUT2D eigenvalue weighted by atomic mass is 10.2. The van der Waals surface area contributed by atoms with Gasteiger partial charge in [-0.1, -0.05) is 29.8 Å². The van der Waals surface area contributed by atoms with E-state index < -0.39 is 0 Å². The Morgan fingerprint density at radius 2 is 2.00 bits per heavy atom. The first kappa shape index (κ1) is 16.9. The lowest BCUT2D eigenvalue weighted by Gasteiger charge is -2.08. The van der Waals surface area contributed by atoms with Crippen LogP contribution in [0.5, 0.6) is 0 Å². The van der Waals surface area contributed by atoms with Gasteiger partial charge in [-0.3, -0.25) is 4.79 Å². The molecule has 0 bridgehead atoms. The highest BCUT2D eigenvalue weighted by Gasteiger charge is 2.14. The summed E-state index contributed by atoms with van der Waals surface area (Å²) in [6.45, 7) is 5.94. The number of nitrogens with zero attached hydrogens (tertiary/aromatic N) is 4. The van der Waals surface area contributed by atoms with Crippen molar-refractivity contribution >= 4 is 11.7 Å². The Bertz CT molecular complexity index is 864. The largest absolute Gasteiger partial charge is 0.339 e. The third-order valence-corrected chi connectivity index (χ3v) is 3.67. The number of carbonyl (C=O) groups is 1. The van der Waals surface area contributed by atoms with Gasteiger partial charge in [0.05, 0.1) is 17.8 Å². The molecule has 1 amide bonds. The van der Waals surface area contributed by atoms with Crippen molar-refractivity contribution in [1.29, 1.82) is 0 Å². The highest BCUT2D eigenvalue weighted by molar-refractivity contribution is 5.91. The normalized spacial score (nSPS) is 10.8. The highest BCUT2D eigenvalue weighted by atomic mass is 16.5. The molecule has 0 saturated heterocycles. The molecule has 0 aliphatic rings. The molecule has 3 aromatic rings. The molecule has 2 aromatic heterocycles. The molecule has 1 N–H and O–H groups in total. The van der Waals surface area contributed by atoms with Gasteiger partial charge >= 0.3 is 0 Å². The summed E-state index contributed by atoms with van der Waals surface area (Å²) in [6.07, 6.45) is 1.70. The standard InChI is InChI=1S/C18H21N5O2/c1-4-5-18-19-15(22-25-18)11-17(24)20-16-10-13(3)21-23(16)14-8-6-12(2)7-9-14/h6-10H,4-5,11H2,1-3H3,(H,20,24). The van der Waals surface area contributed by atoms with Crippen molar-refractivity contribution in [1.82, 2.24) is 19.9 Å². The first-order valence-electron chi connectivity index (χ1n) is 8.30. The number of benzene rings is 1. The maximum Gasteiger partial charge on any atom is 0.233 e. The van der Waals surface area contributed by atoms with Gasteiger partial charge in [0.15, 0.2) is 5.82 Å². The Morgan fingerprint density at radius 1 is 1.24 bits per heavy atom. The molecule has 2 heterocycles. The van der Waals surface area contributed by atoms with E-state index in [2.05, 4.69) is 20.6 Å². The second kappa shape index (κ2) is 7.29. The van der Waals surface area contributed by atoms with Crippen LogP contribution in [0.4, 0.5) is 5.82 Å². The third kappa shape index (κ3) is 4.12. The second-order valence-electron chi connectivity index (χ2n) is 6.00. The van der Waals surface area contributed by atoms with Crippen LogP contribution in [0.1, 0.15) is 36.3 Å². The average Bonchev–Trinajstić information content (AvgIpc) is 3.15. The van der Waals surface area contributed by atoms with E-state index in [0.29, 0.717) is 24.0 Å². The number of aryl methyl sites for hydroxylation is 3. The topological polar surface area (TPSA) is 85.8 Å². The summed E-state index contributed by atoms with van der Waals surface area (Å²) < 4.78 is 6.82. The van der Waals surface area contributed by atoms with E-state index in [1.165, 1.54) is 5.56 Å². The van der Waals surface area contributed by atoms with E-state index in [1.54, 1.807) is 4.68 Å². The smallest absolute Gasteiger partial charge is 0.233 e. The fourth-order valence-electron chi connectivity index (χ4n) is 2.48. The van der Waals surface area contributed by atoms with Gasteiger partial charge in [-0.2, -0.15) is 10.1 Å². The third-order valence-electron chi connectivity index (χ3n) is 3.67. The number of hydrogen-bond acceptors (Lipinski definition) is 5. The lowest BCUT2D eigenvalue weighted by Crippen LogP contribution is -2.17. The van der Waals surface area contributed by atoms with Crippen LogP contribution in [0.15, 0.2) is 34.9 Å². The van der Waals surface area contributed by atoms with Crippen LogP contribution >= 0.6 is 0 Å². The fourth-order valence-corrected chi connectivity index (χ4v) is 2.48. The molecule has 7 nitrogen and oxygen atoms in total. The Morgan fingerprint density at radius 3 is 2.72 bits per heavy atom. The van der Waals surface area contributed by atoms with Gasteiger partial charge in [-0.15, -0.1) is 0 Å². The Labute approximate surface area is 146 Å². The quantitative estimate of drug-likeness (QED) is 0.746. The molecule has 0 aliphatic carbocycles. The maximum absolute atomic E-state index is 12.3. The number of amides is 1. The van der Waals surface area contributed by atoms with Gasteiger partial charge < -0.3 is 9.84 Å². The van der Waals surface area contributed by atoms with Gasteiger partial charge in [0.2, 0.25) is 11.8 Å². The molecule has 0 saturated carbocycles. The number of hydrogen-bond donors (Lipinski definition) is 1. The van der Waals surface area contributed by atoms with Crippen molar-refractivity contribution in [3.05, 3.63) is 53.3 Å². The Kier molecular flexibility index (Phi) is 4.92. The summed E-state index contributed by atoms with van der Waals surface area (Å²) in [4.78, 5) is 16.5. The molecule has 1 aromatic carbocycles. The van der Waals surface area contributed by atoms with Crippen LogP contribution in [0, 0.1) is 13.8 Å². The Balaban J connectivity index is 1.73. The summed E-state index contributed by atoms with van der Waals surface area (Å²) in [6, 6.07) is 9.77. The summed E-state index contributed by atoms with van der Waals surface area (Å²) in [5.74, 6) is 1.35. The van der Waals surface area contributed by atoms with E-state index in [0.717, 1.165) is 17.8 Å². The summed E-state index contributed by atoms with van der Waals surface area (Å²) in [7, 11) is 0. The zero-order valence-corrected chi connectivity index (χ0v) is 14.6. The number of rotatable bonds is 6. The van der Waals surface area contributed by atoms with Crippen molar-refractivity contribution in [3.8, 4) is 5.69 Å². The number of aromatic nitrogens is 4. The van der Waals surface area contributed by atoms with Crippen LogP contribution in [-0.4, -0.2) is 25.8 Å². The van der Waals surface area contributed by atoms with Crippen molar-refractivity contribution < 1.29 is 9.32 Å². The van der Waals surface area contributed by atoms with Crippen LogP contribution < -0.4 is 5.32 Å². The van der Waals surface area contributed by atoms with Crippen molar-refractivity contribution in [2.24, 2.45) is 0 Å². The van der Waals surface area contributed by atoms with Gasteiger partial charge in [-0.05, 0) is 32.4 Å². The zero-order valence-electron chi connectivity index (χ0n) is 14.6. The SMILES string of the molecule is CCCc1nc(CC(=O)Nc2cc(C)nn2-c2ccc(C)cc2)no1.